The second-order valence-corrected chi connectivity index (χ2v) is 8.59. The fourth-order valence-corrected chi connectivity index (χ4v) is 3.70. The normalized spacial score (nSPS) is 15.3. The highest BCUT2D eigenvalue weighted by molar-refractivity contribution is 14.0. The van der Waals surface area contributed by atoms with E-state index in [1.165, 1.54) is 12.1 Å². The number of aryl methyl sites for hydroxylation is 1. The van der Waals surface area contributed by atoms with Gasteiger partial charge in [0, 0.05) is 39.1 Å². The minimum Gasteiger partial charge on any atom is -0.357 e. The first-order valence-corrected chi connectivity index (χ1v) is 10.6. The Morgan fingerprint density at radius 1 is 1.42 bits per heavy atom. The van der Waals surface area contributed by atoms with Crippen molar-refractivity contribution in [3.63, 3.8) is 0 Å². The van der Waals surface area contributed by atoms with E-state index in [-0.39, 0.29) is 36.3 Å². The van der Waals surface area contributed by atoms with E-state index in [4.69, 9.17) is 0 Å². The van der Waals surface area contributed by atoms with Crippen molar-refractivity contribution in [2.75, 3.05) is 32.4 Å². The largest absolute Gasteiger partial charge is 0.357 e. The van der Waals surface area contributed by atoms with Gasteiger partial charge in [0.25, 0.3) is 0 Å². The molecule has 1 fully saturated rings. The van der Waals surface area contributed by atoms with Crippen LogP contribution in [0, 0.1) is 5.92 Å². The minimum atomic E-state index is -3.25. The van der Waals surface area contributed by atoms with E-state index in [0.717, 1.165) is 25.3 Å². The number of guanidine groups is 1. The molecule has 0 aromatic carbocycles. The summed E-state index contributed by atoms with van der Waals surface area (Å²) >= 11 is 0. The average Bonchev–Trinajstić information content (AvgIpc) is 2.89. The van der Waals surface area contributed by atoms with Crippen LogP contribution >= 0.6 is 24.0 Å². The Kier molecular flexibility index (Phi) is 9.94. The monoisotopic (exact) mass is 497 g/mol. The Labute approximate surface area is 174 Å². The first-order chi connectivity index (χ1) is 11.9. The average molecular weight is 497 g/mol. The van der Waals surface area contributed by atoms with Crippen molar-refractivity contribution in [1.29, 1.82) is 0 Å². The molecule has 1 aliphatic carbocycles. The molecule has 0 bridgehead atoms. The Balaban J connectivity index is 0.00000338. The van der Waals surface area contributed by atoms with Gasteiger partial charge in [-0.25, -0.2) is 13.1 Å². The zero-order valence-electron chi connectivity index (χ0n) is 15.9. The van der Waals surface area contributed by atoms with Crippen molar-refractivity contribution in [1.82, 2.24) is 19.5 Å². The van der Waals surface area contributed by atoms with E-state index in [1.807, 2.05) is 38.2 Å². The molecule has 1 aromatic heterocycles. The number of rotatable bonds is 9. The van der Waals surface area contributed by atoms with Crippen LogP contribution in [0.3, 0.4) is 0 Å². The van der Waals surface area contributed by atoms with Crippen LogP contribution in [0.4, 0.5) is 0 Å². The molecule has 150 valence electrons. The number of hydrogen-bond acceptors (Lipinski definition) is 3. The summed E-state index contributed by atoms with van der Waals surface area (Å²) in [6, 6.07) is 4.07. The first-order valence-electron chi connectivity index (χ1n) is 8.98. The van der Waals surface area contributed by atoms with Gasteiger partial charge in [-0.2, -0.15) is 0 Å². The number of nitrogens with zero attached hydrogens (tertiary/aromatic N) is 3. The quantitative estimate of drug-likeness (QED) is 0.310. The van der Waals surface area contributed by atoms with Gasteiger partial charge >= 0.3 is 0 Å². The Morgan fingerprint density at radius 3 is 2.69 bits per heavy atom. The van der Waals surface area contributed by atoms with Crippen LogP contribution in [0.15, 0.2) is 23.3 Å². The summed E-state index contributed by atoms with van der Waals surface area (Å²) in [5.41, 5.74) is 1.17. The third-order valence-electron chi connectivity index (χ3n) is 4.59. The lowest BCUT2D eigenvalue weighted by molar-refractivity contribution is 0.316. The Morgan fingerprint density at radius 2 is 2.15 bits per heavy atom. The molecule has 0 saturated heterocycles. The van der Waals surface area contributed by atoms with Crippen molar-refractivity contribution < 1.29 is 8.42 Å². The van der Waals surface area contributed by atoms with Gasteiger partial charge in [0.15, 0.2) is 5.96 Å². The van der Waals surface area contributed by atoms with Crippen LogP contribution in [0.1, 0.15) is 31.9 Å². The number of hydrogen-bond donors (Lipinski definition) is 2. The van der Waals surface area contributed by atoms with Crippen molar-refractivity contribution in [3.8, 4) is 0 Å². The van der Waals surface area contributed by atoms with Gasteiger partial charge in [0.05, 0.1) is 18.8 Å². The second-order valence-electron chi connectivity index (χ2n) is 6.67. The molecule has 1 aromatic rings. The molecule has 9 heteroatoms. The lowest BCUT2D eigenvalue weighted by Gasteiger charge is -2.25. The SMILES string of the molecule is CCNC(=NCCS(=O)(=O)NCC1CCC1)N(C)Cc1cccn1C.I. The fraction of sp³-hybridized carbons (Fsp3) is 0.706. The molecule has 2 N–H and O–H groups in total. The van der Waals surface area contributed by atoms with Crippen LogP contribution in [0.2, 0.25) is 0 Å². The van der Waals surface area contributed by atoms with Crippen molar-refractivity contribution >= 4 is 40.0 Å². The maximum absolute atomic E-state index is 12.1. The van der Waals surface area contributed by atoms with E-state index in [0.29, 0.717) is 19.0 Å². The van der Waals surface area contributed by atoms with E-state index in [9.17, 15) is 8.42 Å². The smallest absolute Gasteiger partial charge is 0.213 e. The number of aromatic nitrogens is 1. The highest BCUT2D eigenvalue weighted by Gasteiger charge is 2.20. The van der Waals surface area contributed by atoms with Gasteiger partial charge < -0.3 is 14.8 Å². The molecule has 0 unspecified atom stereocenters. The highest BCUT2D eigenvalue weighted by Crippen LogP contribution is 2.25. The van der Waals surface area contributed by atoms with Crippen LogP contribution in [0.5, 0.6) is 0 Å². The highest BCUT2D eigenvalue weighted by atomic mass is 127. The molecule has 1 heterocycles. The summed E-state index contributed by atoms with van der Waals surface area (Å²) in [5, 5.41) is 3.22. The van der Waals surface area contributed by atoms with Crippen LogP contribution in [0.25, 0.3) is 0 Å². The molecule has 1 aliphatic rings. The van der Waals surface area contributed by atoms with Crippen LogP contribution in [-0.4, -0.2) is 56.3 Å². The lowest BCUT2D eigenvalue weighted by Crippen LogP contribution is -2.39. The lowest BCUT2D eigenvalue weighted by atomic mass is 9.86. The molecule has 0 spiro atoms. The summed E-state index contributed by atoms with van der Waals surface area (Å²) in [5.74, 6) is 1.26. The molecular formula is C17H32IN5O2S. The number of nitrogens with one attached hydrogen (secondary N) is 2. The minimum absolute atomic E-state index is 0. The third-order valence-corrected chi connectivity index (χ3v) is 5.91. The zero-order chi connectivity index (χ0) is 18.3. The second kappa shape index (κ2) is 11.1. The Hall–Kier alpha value is -0.810. The van der Waals surface area contributed by atoms with E-state index >= 15 is 0 Å². The predicted octanol–water partition coefficient (Wildman–Crippen LogP) is 1.76. The number of aliphatic imine (C=N–C) groups is 1. The molecule has 2 rings (SSSR count). The predicted molar refractivity (Wildman–Crippen MR) is 117 cm³/mol. The summed E-state index contributed by atoms with van der Waals surface area (Å²) in [7, 11) is 0.710. The summed E-state index contributed by atoms with van der Waals surface area (Å²) in [4.78, 5) is 6.48. The maximum atomic E-state index is 12.1. The summed E-state index contributed by atoms with van der Waals surface area (Å²) in [6.07, 6.45) is 5.49. The zero-order valence-corrected chi connectivity index (χ0v) is 19.1. The number of sulfonamides is 1. The molecule has 26 heavy (non-hydrogen) atoms. The van der Waals surface area contributed by atoms with Crippen LogP contribution in [-0.2, 0) is 23.6 Å². The molecule has 1 saturated carbocycles. The summed E-state index contributed by atoms with van der Waals surface area (Å²) < 4.78 is 28.9. The number of halogens is 1. The fourth-order valence-electron chi connectivity index (χ4n) is 2.73. The van der Waals surface area contributed by atoms with Gasteiger partial charge in [0.1, 0.15) is 0 Å². The maximum Gasteiger partial charge on any atom is 0.213 e. The van der Waals surface area contributed by atoms with E-state index < -0.39 is 10.0 Å². The van der Waals surface area contributed by atoms with E-state index in [2.05, 4.69) is 25.7 Å². The first kappa shape index (κ1) is 23.2. The molecule has 0 amide bonds. The topological polar surface area (TPSA) is 78.7 Å². The van der Waals surface area contributed by atoms with Crippen LogP contribution < -0.4 is 10.0 Å². The Bertz CT molecular complexity index is 670. The molecule has 0 atom stereocenters. The van der Waals surface area contributed by atoms with E-state index in [1.54, 1.807) is 0 Å². The van der Waals surface area contributed by atoms with Crippen molar-refractivity contribution in [2.45, 2.75) is 32.7 Å². The van der Waals surface area contributed by atoms with Gasteiger partial charge in [-0.15, -0.1) is 24.0 Å². The van der Waals surface area contributed by atoms with Gasteiger partial charge in [-0.05, 0) is 37.8 Å². The third kappa shape index (κ3) is 7.43. The van der Waals surface area contributed by atoms with Gasteiger partial charge in [-0.3, -0.25) is 4.99 Å². The molecule has 0 radical (unpaired) electrons. The molecule has 0 aliphatic heterocycles. The van der Waals surface area contributed by atoms with Crippen molar-refractivity contribution in [2.24, 2.45) is 18.0 Å². The van der Waals surface area contributed by atoms with Gasteiger partial charge in [-0.1, -0.05) is 6.42 Å². The standard InChI is InChI=1S/C17H31N5O2S.HI/c1-4-18-17(22(3)14-16-9-6-11-21(16)2)19-10-12-25(23,24)20-13-15-7-5-8-15;/h6,9,11,15,20H,4-5,7-8,10,12-14H2,1-3H3,(H,18,19);1H. The molecule has 7 nitrogen and oxygen atoms in total. The van der Waals surface area contributed by atoms with Gasteiger partial charge in [0.2, 0.25) is 10.0 Å². The molecular weight excluding hydrogens is 465 g/mol. The summed E-state index contributed by atoms with van der Waals surface area (Å²) in [6.45, 7) is 4.27. The van der Waals surface area contributed by atoms with Crippen molar-refractivity contribution in [3.05, 3.63) is 24.0 Å².